The van der Waals surface area contributed by atoms with Gasteiger partial charge in [0.25, 0.3) is 0 Å². The number of hydrogen-bond acceptors (Lipinski definition) is 3. The Morgan fingerprint density at radius 2 is 2.11 bits per heavy atom. The topological polar surface area (TPSA) is 38.1 Å². The van der Waals surface area contributed by atoms with Crippen LogP contribution in [0.3, 0.4) is 0 Å². The predicted molar refractivity (Wildman–Crippen MR) is 72.5 cm³/mol. The van der Waals surface area contributed by atoms with E-state index in [4.69, 9.17) is 4.42 Å². The van der Waals surface area contributed by atoms with Crippen LogP contribution in [0.1, 0.15) is 18.5 Å². The Hall–Kier alpha value is -2.29. The number of para-hydroxylation sites is 1. The summed E-state index contributed by atoms with van der Waals surface area (Å²) in [4.78, 5) is 4.43. The molecule has 0 bridgehead atoms. The van der Waals surface area contributed by atoms with E-state index < -0.39 is 0 Å². The quantitative estimate of drug-likeness (QED) is 0.749. The van der Waals surface area contributed by atoms with E-state index in [0.717, 1.165) is 22.2 Å². The lowest BCUT2D eigenvalue weighted by Crippen LogP contribution is -2.05. The van der Waals surface area contributed by atoms with Gasteiger partial charge in [-0.25, -0.2) is 0 Å². The highest BCUT2D eigenvalue weighted by atomic mass is 16.3. The first-order valence-corrected chi connectivity index (χ1v) is 5.96. The largest absolute Gasteiger partial charge is 0.472 e. The average molecular weight is 238 g/mol. The maximum Gasteiger partial charge on any atom is 0.0955 e. The van der Waals surface area contributed by atoms with Gasteiger partial charge < -0.3 is 9.73 Å². The molecule has 3 heteroatoms. The number of rotatable bonds is 3. The highest BCUT2D eigenvalue weighted by Crippen LogP contribution is 2.21. The van der Waals surface area contributed by atoms with E-state index in [1.54, 1.807) is 12.5 Å². The second-order valence-corrected chi connectivity index (χ2v) is 4.34. The molecule has 0 saturated carbocycles. The van der Waals surface area contributed by atoms with Crippen LogP contribution in [0.2, 0.25) is 0 Å². The van der Waals surface area contributed by atoms with Crippen LogP contribution in [0.5, 0.6) is 0 Å². The van der Waals surface area contributed by atoms with Crippen LogP contribution < -0.4 is 5.32 Å². The van der Waals surface area contributed by atoms with Crippen molar-refractivity contribution in [2.75, 3.05) is 5.32 Å². The average Bonchev–Trinajstić information content (AvgIpc) is 2.92. The Morgan fingerprint density at radius 3 is 2.94 bits per heavy atom. The van der Waals surface area contributed by atoms with E-state index in [1.165, 1.54) is 0 Å². The lowest BCUT2D eigenvalue weighted by Gasteiger charge is -2.13. The number of hydrogen-bond donors (Lipinski definition) is 1. The fraction of sp³-hybridized carbons (Fsp3) is 0.133. The number of furan rings is 1. The standard InChI is InChI=1S/C15H14N2O/c1-11(13-6-7-18-10-13)17-14-8-12-4-2-3-5-15(12)16-9-14/h2-11,17H,1H3. The molecule has 90 valence electrons. The number of aromatic nitrogens is 1. The number of nitrogens with zero attached hydrogens (tertiary/aromatic N) is 1. The van der Waals surface area contributed by atoms with Crippen LogP contribution in [0.4, 0.5) is 5.69 Å². The van der Waals surface area contributed by atoms with Gasteiger partial charge in [0.2, 0.25) is 0 Å². The lowest BCUT2D eigenvalue weighted by atomic mass is 10.1. The number of nitrogens with one attached hydrogen (secondary N) is 1. The van der Waals surface area contributed by atoms with E-state index in [9.17, 15) is 0 Å². The van der Waals surface area contributed by atoms with E-state index in [1.807, 2.05) is 30.5 Å². The number of anilines is 1. The number of fused-ring (bicyclic) bond motifs is 1. The smallest absolute Gasteiger partial charge is 0.0955 e. The minimum Gasteiger partial charge on any atom is -0.472 e. The first-order valence-electron chi connectivity index (χ1n) is 5.96. The van der Waals surface area contributed by atoms with Crippen molar-refractivity contribution in [1.82, 2.24) is 4.98 Å². The molecule has 18 heavy (non-hydrogen) atoms. The van der Waals surface area contributed by atoms with Gasteiger partial charge in [-0.3, -0.25) is 4.98 Å². The summed E-state index contributed by atoms with van der Waals surface area (Å²) in [5.74, 6) is 0. The summed E-state index contributed by atoms with van der Waals surface area (Å²) < 4.78 is 5.09. The van der Waals surface area contributed by atoms with Gasteiger partial charge in [0, 0.05) is 10.9 Å². The van der Waals surface area contributed by atoms with Crippen LogP contribution in [0, 0.1) is 0 Å². The molecule has 0 radical (unpaired) electrons. The molecule has 0 aliphatic rings. The first-order chi connectivity index (χ1) is 8.83. The Balaban J connectivity index is 1.86. The Kier molecular flexibility index (Phi) is 2.73. The van der Waals surface area contributed by atoms with Gasteiger partial charge in [-0.1, -0.05) is 18.2 Å². The van der Waals surface area contributed by atoms with Crippen molar-refractivity contribution < 1.29 is 4.42 Å². The van der Waals surface area contributed by atoms with Crippen molar-refractivity contribution in [2.45, 2.75) is 13.0 Å². The summed E-state index contributed by atoms with van der Waals surface area (Å²) in [5.41, 5.74) is 3.16. The van der Waals surface area contributed by atoms with Gasteiger partial charge >= 0.3 is 0 Å². The molecule has 1 N–H and O–H groups in total. The third-order valence-corrected chi connectivity index (χ3v) is 3.02. The van der Waals surface area contributed by atoms with E-state index >= 15 is 0 Å². The molecule has 0 aliphatic carbocycles. The monoisotopic (exact) mass is 238 g/mol. The van der Waals surface area contributed by atoms with Crippen LogP contribution in [0.15, 0.2) is 59.5 Å². The third kappa shape index (κ3) is 2.07. The normalized spacial score (nSPS) is 12.5. The fourth-order valence-corrected chi connectivity index (χ4v) is 2.00. The molecule has 1 atom stereocenters. The molecule has 0 aliphatic heterocycles. The molecule has 1 unspecified atom stereocenters. The van der Waals surface area contributed by atoms with E-state index in [0.29, 0.717) is 0 Å². The minimum atomic E-state index is 0.201. The van der Waals surface area contributed by atoms with Crippen LogP contribution >= 0.6 is 0 Å². The van der Waals surface area contributed by atoms with Crippen LogP contribution in [-0.4, -0.2) is 4.98 Å². The molecular weight excluding hydrogens is 224 g/mol. The third-order valence-electron chi connectivity index (χ3n) is 3.02. The molecular formula is C15H14N2O. The van der Waals surface area contributed by atoms with Crippen molar-refractivity contribution in [1.29, 1.82) is 0 Å². The summed E-state index contributed by atoms with van der Waals surface area (Å²) >= 11 is 0. The molecule has 1 aromatic carbocycles. The van der Waals surface area contributed by atoms with Crippen molar-refractivity contribution in [3.63, 3.8) is 0 Å². The summed E-state index contributed by atoms with van der Waals surface area (Å²) in [7, 11) is 0. The van der Waals surface area contributed by atoms with E-state index in [-0.39, 0.29) is 6.04 Å². The SMILES string of the molecule is CC(Nc1cnc2ccccc2c1)c1ccoc1. The zero-order valence-electron chi connectivity index (χ0n) is 10.1. The predicted octanol–water partition coefficient (Wildman–Crippen LogP) is 4.00. The second-order valence-electron chi connectivity index (χ2n) is 4.34. The number of benzene rings is 1. The molecule has 0 spiro atoms. The summed E-state index contributed by atoms with van der Waals surface area (Å²) in [5, 5.41) is 4.55. The van der Waals surface area contributed by atoms with E-state index in [2.05, 4.69) is 29.4 Å². The maximum atomic E-state index is 5.09. The molecule has 3 rings (SSSR count). The molecule has 0 saturated heterocycles. The van der Waals surface area contributed by atoms with Crippen molar-refractivity contribution in [3.05, 3.63) is 60.7 Å². The van der Waals surface area contributed by atoms with Crippen molar-refractivity contribution in [3.8, 4) is 0 Å². The van der Waals surface area contributed by atoms with Gasteiger partial charge in [-0.2, -0.15) is 0 Å². The Labute approximate surface area is 105 Å². The molecule has 2 aromatic heterocycles. The fourth-order valence-electron chi connectivity index (χ4n) is 2.00. The molecule has 2 heterocycles. The highest BCUT2D eigenvalue weighted by Gasteiger charge is 2.06. The van der Waals surface area contributed by atoms with Crippen molar-refractivity contribution >= 4 is 16.6 Å². The van der Waals surface area contributed by atoms with Gasteiger partial charge in [0.1, 0.15) is 0 Å². The van der Waals surface area contributed by atoms with Crippen LogP contribution in [-0.2, 0) is 0 Å². The summed E-state index contributed by atoms with van der Waals surface area (Å²) in [6, 6.07) is 12.4. The van der Waals surface area contributed by atoms with Gasteiger partial charge in [0.05, 0.1) is 36.0 Å². The molecule has 3 nitrogen and oxygen atoms in total. The van der Waals surface area contributed by atoms with Gasteiger partial charge in [-0.05, 0) is 25.1 Å². The molecule has 3 aromatic rings. The van der Waals surface area contributed by atoms with Crippen LogP contribution in [0.25, 0.3) is 10.9 Å². The summed E-state index contributed by atoms with van der Waals surface area (Å²) in [6.07, 6.45) is 5.30. The molecule has 0 amide bonds. The maximum absolute atomic E-state index is 5.09. The second kappa shape index (κ2) is 4.53. The summed E-state index contributed by atoms with van der Waals surface area (Å²) in [6.45, 7) is 2.10. The number of pyridine rings is 1. The zero-order chi connectivity index (χ0) is 12.4. The zero-order valence-corrected chi connectivity index (χ0v) is 10.1. The van der Waals surface area contributed by atoms with Gasteiger partial charge in [-0.15, -0.1) is 0 Å². The first kappa shape index (κ1) is 10.8. The highest BCUT2D eigenvalue weighted by molar-refractivity contribution is 5.81. The molecule has 0 fully saturated rings. The Morgan fingerprint density at radius 1 is 1.22 bits per heavy atom. The van der Waals surface area contributed by atoms with Crippen molar-refractivity contribution in [2.24, 2.45) is 0 Å². The Bertz CT molecular complexity index is 646. The lowest BCUT2D eigenvalue weighted by molar-refractivity contribution is 0.562. The van der Waals surface area contributed by atoms with Gasteiger partial charge in [0.15, 0.2) is 0 Å². The minimum absolute atomic E-state index is 0.201.